The maximum atomic E-state index is 13.2. The summed E-state index contributed by atoms with van der Waals surface area (Å²) < 4.78 is 11.6. The Labute approximate surface area is 219 Å². The van der Waals surface area contributed by atoms with Crippen molar-refractivity contribution in [3.05, 3.63) is 95.0 Å². The summed E-state index contributed by atoms with van der Waals surface area (Å²) in [4.78, 5) is 15.6. The molecule has 0 spiro atoms. The Morgan fingerprint density at radius 2 is 1.53 bits per heavy atom. The van der Waals surface area contributed by atoms with E-state index in [0.29, 0.717) is 22.9 Å². The van der Waals surface area contributed by atoms with Gasteiger partial charge in [-0.3, -0.25) is 9.69 Å². The van der Waals surface area contributed by atoms with Crippen molar-refractivity contribution >= 4 is 17.5 Å². The molecule has 0 radical (unpaired) electrons. The van der Waals surface area contributed by atoms with Crippen molar-refractivity contribution in [2.24, 2.45) is 5.73 Å². The Balaban J connectivity index is 1.52. The van der Waals surface area contributed by atoms with Gasteiger partial charge in [0.15, 0.2) is 0 Å². The van der Waals surface area contributed by atoms with Gasteiger partial charge in [0.2, 0.25) is 5.91 Å². The van der Waals surface area contributed by atoms with Crippen molar-refractivity contribution in [1.29, 1.82) is 0 Å². The minimum Gasteiger partial charge on any atom is -0.495 e. The monoisotopic (exact) mass is 506 g/mol. The Morgan fingerprint density at radius 3 is 2.08 bits per heavy atom. The van der Waals surface area contributed by atoms with E-state index >= 15 is 0 Å². The smallest absolute Gasteiger partial charge is 0.232 e. The standard InChI is InChI=1S/C30H35ClN2O3/c1-29(2,33-20-17-24(21-33)36-26-16-10-15-25(35-3)27(26)31)18-19-30(28(32)34,22-11-6-4-7-12-22)23-13-8-5-9-14-23/h4-16,24H,17-21H2,1-3H3,(H2,32,34)/t24-/m1/s1. The third-order valence-corrected chi connectivity index (χ3v) is 7.88. The van der Waals surface area contributed by atoms with E-state index in [0.717, 1.165) is 37.1 Å². The summed E-state index contributed by atoms with van der Waals surface area (Å²) in [6.07, 6.45) is 2.31. The average Bonchev–Trinajstić information content (AvgIpc) is 3.36. The summed E-state index contributed by atoms with van der Waals surface area (Å²) in [6, 6.07) is 25.4. The normalized spacial score (nSPS) is 16.6. The molecule has 0 saturated carbocycles. The largest absolute Gasteiger partial charge is 0.495 e. The van der Waals surface area contributed by atoms with E-state index in [-0.39, 0.29) is 17.6 Å². The predicted octanol–water partition coefficient (Wildman–Crippen LogP) is 5.83. The zero-order chi connectivity index (χ0) is 25.8. The van der Waals surface area contributed by atoms with Gasteiger partial charge in [0.05, 0.1) is 12.5 Å². The number of halogens is 1. The van der Waals surface area contributed by atoms with Gasteiger partial charge in [0.1, 0.15) is 22.6 Å². The van der Waals surface area contributed by atoms with Crippen molar-refractivity contribution in [3.8, 4) is 11.5 Å². The van der Waals surface area contributed by atoms with Gasteiger partial charge in [-0.15, -0.1) is 0 Å². The molecule has 1 atom stereocenters. The highest BCUT2D eigenvalue weighted by molar-refractivity contribution is 6.33. The summed E-state index contributed by atoms with van der Waals surface area (Å²) in [7, 11) is 1.60. The molecule has 5 nitrogen and oxygen atoms in total. The summed E-state index contributed by atoms with van der Waals surface area (Å²) in [5.74, 6) is 0.918. The van der Waals surface area contributed by atoms with Crippen molar-refractivity contribution in [1.82, 2.24) is 4.90 Å². The van der Waals surface area contributed by atoms with Crippen LogP contribution in [0, 0.1) is 0 Å². The first-order valence-corrected chi connectivity index (χ1v) is 12.8. The fourth-order valence-corrected chi connectivity index (χ4v) is 5.50. The van der Waals surface area contributed by atoms with Gasteiger partial charge in [-0.25, -0.2) is 0 Å². The minimum absolute atomic E-state index is 0.0259. The van der Waals surface area contributed by atoms with E-state index in [1.165, 1.54) is 0 Å². The zero-order valence-electron chi connectivity index (χ0n) is 21.2. The highest BCUT2D eigenvalue weighted by Gasteiger charge is 2.43. The quantitative estimate of drug-likeness (QED) is 0.375. The number of hydrogen-bond acceptors (Lipinski definition) is 4. The van der Waals surface area contributed by atoms with Gasteiger partial charge in [0.25, 0.3) is 0 Å². The lowest BCUT2D eigenvalue weighted by molar-refractivity contribution is -0.122. The minimum atomic E-state index is -0.899. The molecule has 3 aromatic carbocycles. The second kappa shape index (κ2) is 10.9. The number of benzene rings is 3. The van der Waals surface area contributed by atoms with Gasteiger partial charge in [0, 0.05) is 18.6 Å². The van der Waals surface area contributed by atoms with Crippen LogP contribution in [-0.4, -0.2) is 42.6 Å². The Morgan fingerprint density at radius 1 is 0.944 bits per heavy atom. The van der Waals surface area contributed by atoms with Gasteiger partial charge >= 0.3 is 0 Å². The van der Waals surface area contributed by atoms with Crippen LogP contribution in [0.25, 0.3) is 0 Å². The molecule has 1 fully saturated rings. The molecule has 190 valence electrons. The first-order valence-electron chi connectivity index (χ1n) is 12.4. The van der Waals surface area contributed by atoms with Crippen LogP contribution in [0.3, 0.4) is 0 Å². The number of ether oxygens (including phenoxy) is 2. The second-order valence-electron chi connectivity index (χ2n) is 10.1. The van der Waals surface area contributed by atoms with Gasteiger partial charge in [-0.05, 0) is 56.4 Å². The molecule has 0 unspecified atom stereocenters. The number of methoxy groups -OCH3 is 1. The molecule has 0 aromatic heterocycles. The molecule has 1 aliphatic heterocycles. The van der Waals surface area contributed by atoms with Crippen molar-refractivity contribution in [2.45, 2.75) is 50.2 Å². The molecule has 36 heavy (non-hydrogen) atoms. The lowest BCUT2D eigenvalue weighted by Crippen LogP contribution is -2.47. The van der Waals surface area contributed by atoms with Crippen LogP contribution in [0.15, 0.2) is 78.9 Å². The first kappa shape index (κ1) is 26.1. The van der Waals surface area contributed by atoms with Crippen LogP contribution in [0.1, 0.15) is 44.2 Å². The van der Waals surface area contributed by atoms with Crippen LogP contribution >= 0.6 is 11.6 Å². The maximum Gasteiger partial charge on any atom is 0.232 e. The van der Waals surface area contributed by atoms with Gasteiger partial charge in [-0.2, -0.15) is 0 Å². The van der Waals surface area contributed by atoms with Crippen molar-refractivity contribution < 1.29 is 14.3 Å². The number of primary amides is 1. The Bertz CT molecular complexity index is 1130. The molecule has 1 amide bonds. The number of rotatable bonds is 10. The summed E-state index contributed by atoms with van der Waals surface area (Å²) >= 11 is 6.45. The van der Waals surface area contributed by atoms with E-state index < -0.39 is 5.41 Å². The zero-order valence-corrected chi connectivity index (χ0v) is 22.0. The number of hydrogen-bond donors (Lipinski definition) is 1. The van der Waals surface area contributed by atoms with Crippen LogP contribution < -0.4 is 15.2 Å². The van der Waals surface area contributed by atoms with E-state index in [1.807, 2.05) is 78.9 Å². The number of carbonyl (C=O) groups is 1. The van der Waals surface area contributed by atoms with Crippen LogP contribution in [0.4, 0.5) is 0 Å². The second-order valence-corrected chi connectivity index (χ2v) is 10.4. The molecule has 0 bridgehead atoms. The number of amides is 1. The molecule has 6 heteroatoms. The fraction of sp³-hybridized carbons (Fsp3) is 0.367. The topological polar surface area (TPSA) is 64.8 Å². The van der Waals surface area contributed by atoms with E-state index in [9.17, 15) is 4.79 Å². The maximum absolute atomic E-state index is 13.2. The molecule has 1 saturated heterocycles. The average molecular weight is 507 g/mol. The third-order valence-electron chi connectivity index (χ3n) is 7.51. The number of likely N-dealkylation sites (tertiary alicyclic amines) is 1. The van der Waals surface area contributed by atoms with Gasteiger partial charge in [-0.1, -0.05) is 78.3 Å². The third kappa shape index (κ3) is 5.23. The number of nitrogens with two attached hydrogens (primary N) is 1. The SMILES string of the molecule is COc1cccc(O[C@@H]2CCN(C(C)(C)CCC(C(N)=O)(c3ccccc3)c3ccccc3)C2)c1Cl. The van der Waals surface area contributed by atoms with Gasteiger partial charge < -0.3 is 15.2 Å². The molecule has 0 aliphatic carbocycles. The van der Waals surface area contributed by atoms with Crippen LogP contribution in [-0.2, 0) is 10.2 Å². The fourth-order valence-electron chi connectivity index (χ4n) is 5.25. The molecular weight excluding hydrogens is 472 g/mol. The summed E-state index contributed by atoms with van der Waals surface area (Å²) in [5, 5.41) is 0.495. The molecule has 4 rings (SSSR count). The number of carbonyl (C=O) groups excluding carboxylic acids is 1. The molecule has 1 aliphatic rings. The van der Waals surface area contributed by atoms with E-state index in [4.69, 9.17) is 26.8 Å². The first-order chi connectivity index (χ1) is 17.3. The lowest BCUT2D eigenvalue weighted by Gasteiger charge is -2.40. The highest BCUT2D eigenvalue weighted by Crippen LogP contribution is 2.40. The summed E-state index contributed by atoms with van der Waals surface area (Å²) in [6.45, 7) is 6.14. The van der Waals surface area contributed by atoms with Crippen molar-refractivity contribution in [2.75, 3.05) is 20.2 Å². The molecule has 1 heterocycles. The van der Waals surface area contributed by atoms with E-state index in [2.05, 4.69) is 18.7 Å². The predicted molar refractivity (Wildman–Crippen MR) is 145 cm³/mol. The lowest BCUT2D eigenvalue weighted by atomic mass is 9.69. The Kier molecular flexibility index (Phi) is 7.91. The molecular formula is C30H35ClN2O3. The highest BCUT2D eigenvalue weighted by atomic mass is 35.5. The number of nitrogens with zero attached hydrogens (tertiary/aromatic N) is 1. The van der Waals surface area contributed by atoms with Crippen molar-refractivity contribution in [3.63, 3.8) is 0 Å². The van der Waals surface area contributed by atoms with E-state index in [1.54, 1.807) is 7.11 Å². The van der Waals surface area contributed by atoms with Crippen LogP contribution in [0.5, 0.6) is 11.5 Å². The van der Waals surface area contributed by atoms with Crippen LogP contribution in [0.2, 0.25) is 5.02 Å². The summed E-state index contributed by atoms with van der Waals surface area (Å²) in [5.41, 5.74) is 6.96. The molecule has 2 N–H and O–H groups in total. The Hall–Kier alpha value is -3.02. The molecule has 3 aromatic rings.